The van der Waals surface area contributed by atoms with E-state index >= 15 is 0 Å². The molecule has 0 aliphatic carbocycles. The van der Waals surface area contributed by atoms with Crippen LogP contribution >= 0.6 is 11.3 Å². The van der Waals surface area contributed by atoms with Gasteiger partial charge >= 0.3 is 0 Å². The number of nitrogens with zero attached hydrogens (tertiary/aromatic N) is 2. The van der Waals surface area contributed by atoms with Gasteiger partial charge in [-0.15, -0.1) is 11.3 Å². The summed E-state index contributed by atoms with van der Waals surface area (Å²) in [5.74, 6) is 0. The third-order valence-electron chi connectivity index (χ3n) is 7.99. The summed E-state index contributed by atoms with van der Waals surface area (Å²) in [7, 11) is 0. The molecule has 0 N–H and O–H groups in total. The molecule has 3 aromatic heterocycles. The molecule has 38 heavy (non-hydrogen) atoms. The van der Waals surface area contributed by atoms with Crippen molar-refractivity contribution in [2.45, 2.75) is 0 Å². The molecule has 3 heterocycles. The smallest absolute Gasteiger partial charge is 0.0787 e. The largest absolute Gasteiger partial charge is 0.309 e. The van der Waals surface area contributed by atoms with Crippen LogP contribution in [0, 0.1) is 0 Å². The van der Waals surface area contributed by atoms with Crippen LogP contribution < -0.4 is 0 Å². The molecule has 2 nitrogen and oxygen atoms in total. The second kappa shape index (κ2) is 7.41. The lowest BCUT2D eigenvalue weighted by Crippen LogP contribution is -1.93. The summed E-state index contributed by atoms with van der Waals surface area (Å²) in [6, 6.07) is 41.9. The number of hydrogen-bond donors (Lipinski definition) is 0. The molecular formula is C35H20N2S. The highest BCUT2D eigenvalue weighted by atomic mass is 32.1. The molecule has 0 aliphatic rings. The molecule has 0 radical (unpaired) electrons. The number of pyridine rings is 1. The fraction of sp³-hybridized carbons (Fsp3) is 0. The van der Waals surface area contributed by atoms with Crippen LogP contribution in [0.5, 0.6) is 0 Å². The van der Waals surface area contributed by atoms with E-state index in [2.05, 4.69) is 120 Å². The molecule has 0 spiro atoms. The van der Waals surface area contributed by atoms with Gasteiger partial charge in [0.15, 0.2) is 0 Å². The summed E-state index contributed by atoms with van der Waals surface area (Å²) in [4.78, 5) is 4.95. The molecule has 176 valence electrons. The first-order chi connectivity index (χ1) is 18.9. The number of rotatable bonds is 1. The van der Waals surface area contributed by atoms with Gasteiger partial charge < -0.3 is 4.57 Å². The van der Waals surface area contributed by atoms with E-state index in [-0.39, 0.29) is 0 Å². The molecule has 0 atom stereocenters. The van der Waals surface area contributed by atoms with E-state index in [1.54, 1.807) is 0 Å². The highest BCUT2D eigenvalue weighted by Gasteiger charge is 2.19. The van der Waals surface area contributed by atoms with E-state index in [0.717, 1.165) is 5.52 Å². The van der Waals surface area contributed by atoms with Crippen LogP contribution in [-0.2, 0) is 0 Å². The average Bonchev–Trinajstić information content (AvgIpc) is 3.52. The summed E-state index contributed by atoms with van der Waals surface area (Å²) in [6.07, 6.45) is 1.92. The Morgan fingerprint density at radius 3 is 2.18 bits per heavy atom. The maximum atomic E-state index is 4.95. The molecule has 6 aromatic carbocycles. The van der Waals surface area contributed by atoms with Crippen molar-refractivity contribution >= 4 is 85.8 Å². The summed E-state index contributed by atoms with van der Waals surface area (Å²) < 4.78 is 5.05. The monoisotopic (exact) mass is 500 g/mol. The van der Waals surface area contributed by atoms with Crippen molar-refractivity contribution in [3.05, 3.63) is 121 Å². The van der Waals surface area contributed by atoms with E-state index in [1.807, 2.05) is 17.5 Å². The number of hydrogen-bond acceptors (Lipinski definition) is 2. The number of thiophene rings is 1. The first-order valence-corrected chi connectivity index (χ1v) is 13.7. The second-order valence-corrected chi connectivity index (χ2v) is 11.0. The Kier molecular flexibility index (Phi) is 3.96. The molecule has 0 saturated carbocycles. The third-order valence-corrected chi connectivity index (χ3v) is 9.13. The van der Waals surface area contributed by atoms with Crippen molar-refractivity contribution in [2.24, 2.45) is 0 Å². The Hall–Kier alpha value is -4.73. The second-order valence-electron chi connectivity index (χ2n) is 9.96. The van der Waals surface area contributed by atoms with Crippen molar-refractivity contribution in [1.82, 2.24) is 9.55 Å². The van der Waals surface area contributed by atoms with Crippen LogP contribution in [-0.4, -0.2) is 9.55 Å². The third kappa shape index (κ3) is 2.59. The molecule has 0 unspecified atom stereocenters. The minimum absolute atomic E-state index is 1.06. The zero-order valence-corrected chi connectivity index (χ0v) is 21.2. The highest BCUT2D eigenvalue weighted by Crippen LogP contribution is 2.45. The standard InChI is InChI=1S/C35H20N2S/c1-2-9-21(10-3-1)37-29-14-6-4-11-22(29)26-19-27-28(20-30(26)37)35-24(13-8-18-36-35)23-16-17-32-34(33(23)27)25-12-5-7-15-31(25)38-32/h1-20H. The Morgan fingerprint density at radius 2 is 1.26 bits per heavy atom. The molecular weight excluding hydrogens is 480 g/mol. The van der Waals surface area contributed by atoms with E-state index in [0.29, 0.717) is 0 Å². The molecule has 9 aromatic rings. The van der Waals surface area contributed by atoms with Gasteiger partial charge in [-0.1, -0.05) is 66.7 Å². The molecule has 9 rings (SSSR count). The molecule has 0 aliphatic heterocycles. The lowest BCUT2D eigenvalue weighted by Gasteiger charge is -2.13. The van der Waals surface area contributed by atoms with Gasteiger partial charge in [0.2, 0.25) is 0 Å². The predicted molar refractivity (Wildman–Crippen MR) is 164 cm³/mol. The molecule has 0 fully saturated rings. The first-order valence-electron chi connectivity index (χ1n) is 12.9. The fourth-order valence-electron chi connectivity index (χ4n) is 6.43. The molecule has 0 bridgehead atoms. The van der Waals surface area contributed by atoms with Gasteiger partial charge in [-0.3, -0.25) is 4.98 Å². The molecule has 0 amide bonds. The normalized spacial score (nSPS) is 12.2. The Bertz CT molecular complexity index is 2390. The van der Waals surface area contributed by atoms with Crippen LogP contribution in [0.15, 0.2) is 121 Å². The van der Waals surface area contributed by atoms with Crippen LogP contribution in [0.25, 0.3) is 80.1 Å². The SMILES string of the molecule is c1ccc(-n2c3ccccc3c3cc4c(cc32)c2ncccc2c2ccc3sc5ccccc5c3c24)cc1. The topological polar surface area (TPSA) is 17.8 Å². The highest BCUT2D eigenvalue weighted by molar-refractivity contribution is 7.26. The lowest BCUT2D eigenvalue weighted by molar-refractivity contribution is 1.18. The van der Waals surface area contributed by atoms with Gasteiger partial charge in [-0.05, 0) is 64.7 Å². The number of benzene rings is 6. The lowest BCUT2D eigenvalue weighted by atomic mass is 9.93. The van der Waals surface area contributed by atoms with Crippen molar-refractivity contribution in [1.29, 1.82) is 0 Å². The average molecular weight is 501 g/mol. The summed E-state index contributed by atoms with van der Waals surface area (Å²) >= 11 is 1.88. The number of fused-ring (bicyclic) bond motifs is 13. The minimum Gasteiger partial charge on any atom is -0.309 e. The number of aromatic nitrogens is 2. The van der Waals surface area contributed by atoms with Crippen LogP contribution in [0.3, 0.4) is 0 Å². The van der Waals surface area contributed by atoms with Gasteiger partial charge in [0.25, 0.3) is 0 Å². The van der Waals surface area contributed by atoms with E-state index in [4.69, 9.17) is 4.98 Å². The fourth-order valence-corrected chi connectivity index (χ4v) is 7.54. The Balaban J connectivity index is 1.60. The van der Waals surface area contributed by atoms with E-state index < -0.39 is 0 Å². The number of para-hydroxylation sites is 2. The minimum atomic E-state index is 1.06. The summed E-state index contributed by atoms with van der Waals surface area (Å²) in [6.45, 7) is 0. The summed E-state index contributed by atoms with van der Waals surface area (Å²) in [5.41, 5.74) is 4.65. The van der Waals surface area contributed by atoms with Gasteiger partial charge in [0, 0.05) is 53.6 Å². The van der Waals surface area contributed by atoms with Crippen molar-refractivity contribution < 1.29 is 0 Å². The Labute approximate surface area is 222 Å². The Morgan fingerprint density at radius 1 is 0.474 bits per heavy atom. The molecule has 0 saturated heterocycles. The quantitative estimate of drug-likeness (QED) is 0.205. The van der Waals surface area contributed by atoms with Crippen LogP contribution in [0.4, 0.5) is 0 Å². The maximum absolute atomic E-state index is 4.95. The van der Waals surface area contributed by atoms with E-state index in [9.17, 15) is 0 Å². The van der Waals surface area contributed by atoms with Crippen LogP contribution in [0.1, 0.15) is 0 Å². The first kappa shape index (κ1) is 20.3. The zero-order chi connectivity index (χ0) is 24.8. The summed E-state index contributed by atoms with van der Waals surface area (Å²) in [5, 5.41) is 11.5. The van der Waals surface area contributed by atoms with Gasteiger partial charge in [-0.25, -0.2) is 0 Å². The molecule has 3 heteroatoms. The van der Waals surface area contributed by atoms with Gasteiger partial charge in [0.1, 0.15) is 0 Å². The van der Waals surface area contributed by atoms with Crippen molar-refractivity contribution in [3.63, 3.8) is 0 Å². The van der Waals surface area contributed by atoms with Crippen molar-refractivity contribution in [3.8, 4) is 5.69 Å². The predicted octanol–water partition coefficient (Wildman–Crippen LogP) is 10.0. The van der Waals surface area contributed by atoms with Crippen molar-refractivity contribution in [2.75, 3.05) is 0 Å². The van der Waals surface area contributed by atoms with Gasteiger partial charge in [-0.2, -0.15) is 0 Å². The van der Waals surface area contributed by atoms with E-state index in [1.165, 1.54) is 74.6 Å². The van der Waals surface area contributed by atoms with Crippen LogP contribution in [0.2, 0.25) is 0 Å². The zero-order valence-electron chi connectivity index (χ0n) is 20.3. The van der Waals surface area contributed by atoms with Gasteiger partial charge in [0.05, 0.1) is 16.6 Å². The maximum Gasteiger partial charge on any atom is 0.0787 e.